The van der Waals surface area contributed by atoms with Gasteiger partial charge in [0.15, 0.2) is 0 Å². The van der Waals surface area contributed by atoms with Crippen LogP contribution < -0.4 is 5.32 Å². The van der Waals surface area contributed by atoms with Gasteiger partial charge in [-0.2, -0.15) is 0 Å². The molecular weight excluding hydrogens is 264 g/mol. The second-order valence-electron chi connectivity index (χ2n) is 5.52. The van der Waals surface area contributed by atoms with Crippen molar-refractivity contribution in [1.29, 1.82) is 0 Å². The summed E-state index contributed by atoms with van der Waals surface area (Å²) in [7, 11) is 0. The van der Waals surface area contributed by atoms with Crippen LogP contribution in [-0.2, 0) is 19.2 Å². The summed E-state index contributed by atoms with van der Waals surface area (Å²) in [4.78, 5) is 47.0. The molecule has 3 amide bonds. The summed E-state index contributed by atoms with van der Waals surface area (Å²) in [6, 6.07) is 0. The third-order valence-electron chi connectivity index (χ3n) is 3.95. The van der Waals surface area contributed by atoms with Gasteiger partial charge in [0.05, 0.1) is 0 Å². The predicted molar refractivity (Wildman–Crippen MR) is 67.5 cm³/mol. The highest BCUT2D eigenvalue weighted by Crippen LogP contribution is 2.39. The molecule has 0 bridgehead atoms. The van der Waals surface area contributed by atoms with Crippen LogP contribution in [0.3, 0.4) is 0 Å². The monoisotopic (exact) mass is 282 g/mol. The summed E-state index contributed by atoms with van der Waals surface area (Å²) < 4.78 is 0. The first-order valence-electron chi connectivity index (χ1n) is 6.72. The molecule has 0 spiro atoms. The maximum Gasteiger partial charge on any atom is 0.329 e. The number of imide groups is 1. The molecule has 1 atom stereocenters. The van der Waals surface area contributed by atoms with E-state index < -0.39 is 17.4 Å². The van der Waals surface area contributed by atoms with E-state index in [-0.39, 0.29) is 43.5 Å². The fourth-order valence-electron chi connectivity index (χ4n) is 2.43. The second kappa shape index (κ2) is 5.22. The number of rotatable bonds is 6. The number of carbonyl (C=O) groups excluding carboxylic acids is 3. The summed E-state index contributed by atoms with van der Waals surface area (Å²) >= 11 is 0. The molecule has 0 radical (unpaired) electrons. The highest BCUT2D eigenvalue weighted by atomic mass is 16.4. The Labute approximate surface area is 116 Å². The Bertz CT molecular complexity index is 455. The Kier molecular flexibility index (Phi) is 3.78. The van der Waals surface area contributed by atoms with Gasteiger partial charge in [0.25, 0.3) is 0 Å². The van der Waals surface area contributed by atoms with Gasteiger partial charge in [-0.3, -0.25) is 19.3 Å². The minimum atomic E-state index is -1.25. The Morgan fingerprint density at radius 2 is 1.85 bits per heavy atom. The summed E-state index contributed by atoms with van der Waals surface area (Å²) in [5.74, 6) is -2.09. The average molecular weight is 282 g/mol. The SMILES string of the molecule is CC(NC(=O)CCN1C(=O)CCC1=O)(C(=O)O)C1CC1. The molecule has 7 nitrogen and oxygen atoms in total. The summed E-state index contributed by atoms with van der Waals surface area (Å²) in [6.07, 6.45) is 1.89. The Morgan fingerprint density at radius 3 is 2.30 bits per heavy atom. The molecule has 1 aliphatic carbocycles. The molecule has 0 aromatic rings. The van der Waals surface area contributed by atoms with E-state index in [0.29, 0.717) is 0 Å². The number of nitrogens with zero attached hydrogens (tertiary/aromatic N) is 1. The van der Waals surface area contributed by atoms with Crippen LogP contribution in [0.25, 0.3) is 0 Å². The second-order valence-corrected chi connectivity index (χ2v) is 5.52. The maximum atomic E-state index is 11.8. The number of carbonyl (C=O) groups is 4. The van der Waals surface area contributed by atoms with Crippen molar-refractivity contribution in [3.05, 3.63) is 0 Å². The van der Waals surface area contributed by atoms with Crippen molar-refractivity contribution in [1.82, 2.24) is 10.2 Å². The standard InChI is InChI=1S/C13H18N2O5/c1-13(12(19)20,8-2-3-8)14-9(16)6-7-15-10(17)4-5-11(15)18/h8H,2-7H2,1H3,(H,14,16)(H,19,20). The lowest BCUT2D eigenvalue weighted by Crippen LogP contribution is -2.54. The number of aliphatic carboxylic acids is 1. The van der Waals surface area contributed by atoms with E-state index in [9.17, 15) is 24.3 Å². The van der Waals surface area contributed by atoms with Crippen molar-refractivity contribution < 1.29 is 24.3 Å². The van der Waals surface area contributed by atoms with Gasteiger partial charge >= 0.3 is 5.97 Å². The molecular formula is C13H18N2O5. The van der Waals surface area contributed by atoms with Gasteiger partial charge in [-0.1, -0.05) is 0 Å². The van der Waals surface area contributed by atoms with Crippen molar-refractivity contribution in [2.24, 2.45) is 5.92 Å². The molecule has 1 saturated heterocycles. The number of carboxylic acids is 1. The Morgan fingerprint density at radius 1 is 1.30 bits per heavy atom. The van der Waals surface area contributed by atoms with Crippen LogP contribution in [0.2, 0.25) is 0 Å². The quantitative estimate of drug-likeness (QED) is 0.662. The molecule has 2 rings (SSSR count). The van der Waals surface area contributed by atoms with Crippen LogP contribution in [0.1, 0.15) is 39.0 Å². The van der Waals surface area contributed by atoms with Gasteiger partial charge in [0.1, 0.15) is 5.54 Å². The zero-order valence-corrected chi connectivity index (χ0v) is 11.3. The third-order valence-corrected chi connectivity index (χ3v) is 3.95. The highest BCUT2D eigenvalue weighted by molar-refractivity contribution is 6.02. The molecule has 0 aromatic carbocycles. The van der Waals surface area contributed by atoms with Crippen LogP contribution in [0.4, 0.5) is 0 Å². The molecule has 1 saturated carbocycles. The molecule has 20 heavy (non-hydrogen) atoms. The fourth-order valence-corrected chi connectivity index (χ4v) is 2.43. The van der Waals surface area contributed by atoms with Crippen molar-refractivity contribution in [3.8, 4) is 0 Å². The lowest BCUT2D eigenvalue weighted by atomic mass is 9.96. The van der Waals surface area contributed by atoms with Crippen molar-refractivity contribution in [2.75, 3.05) is 6.54 Å². The highest BCUT2D eigenvalue weighted by Gasteiger charge is 2.48. The van der Waals surface area contributed by atoms with Gasteiger partial charge in [-0.05, 0) is 25.7 Å². The Balaban J connectivity index is 1.87. The summed E-state index contributed by atoms with van der Waals surface area (Å²) in [5, 5.41) is 11.7. The van der Waals surface area contributed by atoms with Crippen LogP contribution in [-0.4, -0.2) is 45.8 Å². The number of amides is 3. The van der Waals surface area contributed by atoms with Gasteiger partial charge < -0.3 is 10.4 Å². The molecule has 7 heteroatoms. The lowest BCUT2D eigenvalue weighted by molar-refractivity contribution is -0.148. The van der Waals surface area contributed by atoms with E-state index in [1.165, 1.54) is 6.92 Å². The van der Waals surface area contributed by atoms with E-state index in [4.69, 9.17) is 0 Å². The topological polar surface area (TPSA) is 104 Å². The van der Waals surface area contributed by atoms with E-state index >= 15 is 0 Å². The molecule has 2 aliphatic rings. The minimum absolute atomic E-state index is 0.0177. The normalized spacial score (nSPS) is 21.8. The smallest absolute Gasteiger partial charge is 0.329 e. The number of hydrogen-bond acceptors (Lipinski definition) is 4. The zero-order chi connectivity index (χ0) is 14.9. The number of hydrogen-bond donors (Lipinski definition) is 2. The molecule has 2 N–H and O–H groups in total. The molecule has 2 fully saturated rings. The first kappa shape index (κ1) is 14.5. The molecule has 110 valence electrons. The number of likely N-dealkylation sites (tertiary alicyclic amines) is 1. The van der Waals surface area contributed by atoms with Gasteiger partial charge in [0.2, 0.25) is 17.7 Å². The maximum absolute atomic E-state index is 11.8. The van der Waals surface area contributed by atoms with E-state index in [1.54, 1.807) is 0 Å². The van der Waals surface area contributed by atoms with Crippen LogP contribution in [0.5, 0.6) is 0 Å². The van der Waals surface area contributed by atoms with Crippen LogP contribution in [0.15, 0.2) is 0 Å². The summed E-state index contributed by atoms with van der Waals surface area (Å²) in [5.41, 5.74) is -1.25. The fraction of sp³-hybridized carbons (Fsp3) is 0.692. The molecule has 0 aromatic heterocycles. The third kappa shape index (κ3) is 2.81. The molecule has 1 unspecified atom stereocenters. The van der Waals surface area contributed by atoms with Crippen molar-refractivity contribution in [3.63, 3.8) is 0 Å². The number of carboxylic acid groups (broad SMARTS) is 1. The molecule has 1 heterocycles. The molecule has 1 aliphatic heterocycles. The minimum Gasteiger partial charge on any atom is -0.480 e. The first-order chi connectivity index (χ1) is 9.34. The Hall–Kier alpha value is -1.92. The van der Waals surface area contributed by atoms with Crippen molar-refractivity contribution >= 4 is 23.7 Å². The van der Waals surface area contributed by atoms with Gasteiger partial charge in [-0.15, -0.1) is 0 Å². The first-order valence-corrected chi connectivity index (χ1v) is 6.72. The van der Waals surface area contributed by atoms with Crippen molar-refractivity contribution in [2.45, 2.75) is 44.6 Å². The largest absolute Gasteiger partial charge is 0.480 e. The van der Waals surface area contributed by atoms with Gasteiger partial charge in [-0.25, -0.2) is 4.79 Å². The lowest BCUT2D eigenvalue weighted by Gasteiger charge is -2.26. The van der Waals surface area contributed by atoms with Crippen LogP contribution >= 0.6 is 0 Å². The van der Waals surface area contributed by atoms with E-state index in [0.717, 1.165) is 17.7 Å². The predicted octanol–water partition coefficient (Wildman–Crippen LogP) is -0.105. The summed E-state index contributed by atoms with van der Waals surface area (Å²) in [6.45, 7) is 1.51. The van der Waals surface area contributed by atoms with Crippen LogP contribution in [0, 0.1) is 5.92 Å². The van der Waals surface area contributed by atoms with Gasteiger partial charge in [0, 0.05) is 25.8 Å². The van der Waals surface area contributed by atoms with E-state index in [2.05, 4.69) is 5.32 Å². The number of nitrogens with one attached hydrogen (secondary N) is 1. The average Bonchev–Trinajstić information content (AvgIpc) is 3.16. The van der Waals surface area contributed by atoms with E-state index in [1.807, 2.05) is 0 Å². The zero-order valence-electron chi connectivity index (χ0n) is 11.3.